The second kappa shape index (κ2) is 8.68. The summed E-state index contributed by atoms with van der Waals surface area (Å²) < 4.78 is 0. The Hall–Kier alpha value is -0.200. The van der Waals surface area contributed by atoms with Crippen LogP contribution in [0.3, 0.4) is 0 Å². The van der Waals surface area contributed by atoms with E-state index >= 15 is 0 Å². The lowest BCUT2D eigenvalue weighted by molar-refractivity contribution is -0.241. The van der Waals surface area contributed by atoms with Gasteiger partial charge in [0.1, 0.15) is 0 Å². The van der Waals surface area contributed by atoms with E-state index in [4.69, 9.17) is 0 Å². The SMILES string of the molecule is CN1CCN([C@@H]2C[C@H]3[C@@H]4C[C@H](N5CCCCC5)[C@H](O)[C@@]4(C)CC[C@@H]3[C@@]3(C)CCCC[C@]23O)CC1. The standard InChI is InChI=1S/C29H51N3O2/c1-27-12-9-22-21(23(27)20-24(26(27)33)31-13-7-4-8-14-31)19-25(32-17-15-30(3)16-18-32)29(34)11-6-5-10-28(22,29)2/h21-26,33-34H,4-20H2,1-3H3/t21-,22+,23+,24+,25-,26+,27+,28-,29+/m1/s1. The van der Waals surface area contributed by atoms with Crippen LogP contribution in [-0.4, -0.2) is 95.0 Å². The van der Waals surface area contributed by atoms with E-state index in [1.807, 2.05) is 0 Å². The molecule has 4 saturated carbocycles. The number of rotatable bonds is 2. The number of piperazine rings is 1. The normalized spacial score (nSPS) is 53.2. The molecule has 4 aliphatic carbocycles. The highest BCUT2D eigenvalue weighted by Gasteiger charge is 2.68. The number of nitrogens with zero attached hydrogens (tertiary/aromatic N) is 3. The maximum absolute atomic E-state index is 12.6. The van der Waals surface area contributed by atoms with Gasteiger partial charge in [-0.15, -0.1) is 0 Å². The third-order valence-electron chi connectivity index (χ3n) is 12.6. The Labute approximate surface area is 208 Å². The van der Waals surface area contributed by atoms with Crippen LogP contribution in [0.15, 0.2) is 0 Å². The molecule has 6 rings (SSSR count). The van der Waals surface area contributed by atoms with Crippen molar-refractivity contribution < 1.29 is 10.2 Å². The summed E-state index contributed by atoms with van der Waals surface area (Å²) in [7, 11) is 2.24. The van der Waals surface area contributed by atoms with Crippen molar-refractivity contribution in [2.45, 2.75) is 108 Å². The number of likely N-dealkylation sites (N-methyl/N-ethyl adjacent to an activating group) is 1. The zero-order valence-electron chi connectivity index (χ0n) is 22.2. The fraction of sp³-hybridized carbons (Fsp3) is 1.00. The quantitative estimate of drug-likeness (QED) is 0.642. The molecule has 2 saturated heterocycles. The maximum Gasteiger partial charge on any atom is 0.0858 e. The first-order valence-electron chi connectivity index (χ1n) is 14.8. The van der Waals surface area contributed by atoms with Gasteiger partial charge in [0.15, 0.2) is 0 Å². The highest BCUT2D eigenvalue weighted by Crippen LogP contribution is 2.68. The predicted molar refractivity (Wildman–Crippen MR) is 137 cm³/mol. The van der Waals surface area contributed by atoms with Gasteiger partial charge in [0.25, 0.3) is 0 Å². The number of hydrogen-bond acceptors (Lipinski definition) is 5. The van der Waals surface area contributed by atoms with E-state index in [9.17, 15) is 10.2 Å². The van der Waals surface area contributed by atoms with Crippen molar-refractivity contribution in [3.8, 4) is 0 Å². The molecule has 0 aromatic carbocycles. The molecular formula is C29H51N3O2. The monoisotopic (exact) mass is 473 g/mol. The van der Waals surface area contributed by atoms with Crippen LogP contribution in [0, 0.1) is 28.6 Å². The average Bonchev–Trinajstić information content (AvgIpc) is 3.11. The Morgan fingerprint density at radius 1 is 0.735 bits per heavy atom. The molecule has 6 fully saturated rings. The summed E-state index contributed by atoms with van der Waals surface area (Å²) in [6.45, 7) is 11.7. The number of aliphatic hydroxyl groups excluding tert-OH is 1. The van der Waals surface area contributed by atoms with Crippen molar-refractivity contribution in [3.05, 3.63) is 0 Å². The van der Waals surface area contributed by atoms with Gasteiger partial charge in [-0.25, -0.2) is 0 Å². The molecule has 6 aliphatic rings. The van der Waals surface area contributed by atoms with Crippen LogP contribution < -0.4 is 0 Å². The summed E-state index contributed by atoms with van der Waals surface area (Å²) >= 11 is 0. The molecule has 2 heterocycles. The molecule has 5 nitrogen and oxygen atoms in total. The summed E-state index contributed by atoms with van der Waals surface area (Å²) in [4.78, 5) is 7.80. The van der Waals surface area contributed by atoms with Crippen molar-refractivity contribution in [3.63, 3.8) is 0 Å². The fourth-order valence-corrected chi connectivity index (χ4v) is 10.5. The minimum absolute atomic E-state index is 0.0255. The van der Waals surface area contributed by atoms with Crippen molar-refractivity contribution in [2.24, 2.45) is 28.6 Å². The lowest BCUT2D eigenvalue weighted by atomic mass is 9.42. The van der Waals surface area contributed by atoms with Crippen molar-refractivity contribution in [1.82, 2.24) is 14.7 Å². The zero-order valence-corrected chi connectivity index (χ0v) is 22.2. The molecule has 0 bridgehead atoms. The molecule has 2 N–H and O–H groups in total. The van der Waals surface area contributed by atoms with Crippen molar-refractivity contribution in [2.75, 3.05) is 46.3 Å². The van der Waals surface area contributed by atoms with Gasteiger partial charge < -0.3 is 15.1 Å². The molecule has 0 amide bonds. The first-order chi connectivity index (χ1) is 16.3. The summed E-state index contributed by atoms with van der Waals surface area (Å²) in [6.07, 6.45) is 13.1. The molecule has 194 valence electrons. The molecule has 0 unspecified atom stereocenters. The predicted octanol–water partition coefficient (Wildman–Crippen LogP) is 3.59. The smallest absolute Gasteiger partial charge is 0.0858 e. The second-order valence-electron chi connectivity index (χ2n) is 13.9. The highest BCUT2D eigenvalue weighted by molar-refractivity contribution is 5.19. The van der Waals surface area contributed by atoms with Crippen LogP contribution in [0.25, 0.3) is 0 Å². The van der Waals surface area contributed by atoms with Gasteiger partial charge in [-0.1, -0.05) is 33.1 Å². The Balaban J connectivity index is 1.33. The van der Waals surface area contributed by atoms with Crippen LogP contribution in [0.4, 0.5) is 0 Å². The van der Waals surface area contributed by atoms with Crippen LogP contribution in [0.5, 0.6) is 0 Å². The Bertz CT molecular complexity index is 750. The molecule has 5 heteroatoms. The van der Waals surface area contributed by atoms with E-state index in [1.165, 1.54) is 64.5 Å². The largest absolute Gasteiger partial charge is 0.391 e. The summed E-state index contributed by atoms with van der Waals surface area (Å²) in [5.74, 6) is 1.87. The Kier molecular flexibility index (Phi) is 6.17. The van der Waals surface area contributed by atoms with Crippen LogP contribution in [0.1, 0.15) is 84.5 Å². The third-order valence-corrected chi connectivity index (χ3v) is 12.6. The Morgan fingerprint density at radius 2 is 1.44 bits per heavy atom. The van der Waals surface area contributed by atoms with Crippen LogP contribution in [-0.2, 0) is 0 Å². The minimum atomic E-state index is -0.542. The van der Waals surface area contributed by atoms with E-state index in [1.54, 1.807) is 0 Å². The zero-order chi connectivity index (χ0) is 23.7. The van der Waals surface area contributed by atoms with Gasteiger partial charge in [-0.3, -0.25) is 9.80 Å². The van der Waals surface area contributed by atoms with Gasteiger partial charge in [0.2, 0.25) is 0 Å². The molecule has 0 spiro atoms. The average molecular weight is 474 g/mol. The Morgan fingerprint density at radius 3 is 2.18 bits per heavy atom. The number of fused-ring (bicyclic) bond motifs is 5. The second-order valence-corrected chi connectivity index (χ2v) is 13.9. The summed E-state index contributed by atoms with van der Waals surface area (Å²) in [5.41, 5.74) is -0.465. The first-order valence-corrected chi connectivity index (χ1v) is 14.8. The highest BCUT2D eigenvalue weighted by atomic mass is 16.3. The van der Waals surface area contributed by atoms with Gasteiger partial charge in [-0.05, 0) is 94.7 Å². The number of hydrogen-bond donors (Lipinski definition) is 2. The lowest BCUT2D eigenvalue weighted by Gasteiger charge is -2.67. The third kappa shape index (κ3) is 3.43. The lowest BCUT2D eigenvalue weighted by Crippen LogP contribution is -2.71. The minimum Gasteiger partial charge on any atom is -0.391 e. The fourth-order valence-electron chi connectivity index (χ4n) is 10.5. The van der Waals surface area contributed by atoms with Crippen LogP contribution >= 0.6 is 0 Å². The number of likely N-dealkylation sites (tertiary alicyclic amines) is 1. The van der Waals surface area contributed by atoms with Crippen molar-refractivity contribution in [1.29, 1.82) is 0 Å². The van der Waals surface area contributed by atoms with E-state index < -0.39 is 5.60 Å². The van der Waals surface area contributed by atoms with E-state index in [0.29, 0.717) is 29.8 Å². The maximum atomic E-state index is 12.6. The summed E-state index contributed by atoms with van der Waals surface area (Å²) in [6, 6.07) is 0.650. The summed E-state index contributed by atoms with van der Waals surface area (Å²) in [5, 5.41) is 24.3. The molecule has 9 atom stereocenters. The van der Waals surface area contributed by atoms with E-state index in [-0.39, 0.29) is 16.9 Å². The van der Waals surface area contributed by atoms with Gasteiger partial charge in [0, 0.05) is 43.7 Å². The number of piperidine rings is 1. The number of aliphatic hydroxyl groups is 2. The van der Waals surface area contributed by atoms with Gasteiger partial charge >= 0.3 is 0 Å². The van der Waals surface area contributed by atoms with E-state index in [0.717, 1.165) is 45.4 Å². The molecule has 0 aromatic heterocycles. The molecule has 0 aromatic rings. The van der Waals surface area contributed by atoms with Gasteiger partial charge in [-0.2, -0.15) is 0 Å². The van der Waals surface area contributed by atoms with Crippen LogP contribution in [0.2, 0.25) is 0 Å². The molecule has 0 radical (unpaired) electrons. The van der Waals surface area contributed by atoms with Gasteiger partial charge in [0.05, 0.1) is 11.7 Å². The first kappa shape index (κ1) is 24.2. The molecular weight excluding hydrogens is 422 g/mol. The van der Waals surface area contributed by atoms with Crippen molar-refractivity contribution >= 4 is 0 Å². The molecule has 2 aliphatic heterocycles. The topological polar surface area (TPSA) is 50.2 Å². The molecule has 34 heavy (non-hydrogen) atoms. The van der Waals surface area contributed by atoms with E-state index in [2.05, 4.69) is 35.6 Å².